The van der Waals surface area contributed by atoms with E-state index in [2.05, 4.69) is 15.0 Å². The van der Waals surface area contributed by atoms with Crippen LogP contribution in [0.15, 0.2) is 47.9 Å². The number of hydrogen-bond acceptors (Lipinski definition) is 11. The number of nitrogen functional groups attached to an aromatic ring is 1. The fourth-order valence-corrected chi connectivity index (χ4v) is 5.18. The van der Waals surface area contributed by atoms with E-state index >= 15 is 0 Å². The van der Waals surface area contributed by atoms with Gasteiger partial charge in [-0.3, -0.25) is 14.2 Å². The molecule has 12 nitrogen and oxygen atoms in total. The molecule has 0 radical (unpaired) electrons. The molecule has 1 aliphatic heterocycles. The van der Waals surface area contributed by atoms with Crippen molar-refractivity contribution >= 4 is 38.8 Å². The van der Waals surface area contributed by atoms with Gasteiger partial charge in [-0.25, -0.2) is 23.4 Å². The van der Waals surface area contributed by atoms with Crippen LogP contribution < -0.4 is 5.73 Å². The molecule has 13 heteroatoms. The Hall–Kier alpha value is -3.58. The summed E-state index contributed by atoms with van der Waals surface area (Å²) in [7, 11) is -3.83. The highest BCUT2D eigenvalue weighted by Gasteiger charge is 2.52. The molecule has 0 spiro atoms. The summed E-state index contributed by atoms with van der Waals surface area (Å²) < 4.78 is 44.3. The van der Waals surface area contributed by atoms with Crippen molar-refractivity contribution in [3.63, 3.8) is 0 Å². The van der Waals surface area contributed by atoms with Gasteiger partial charge < -0.3 is 19.9 Å². The number of benzene rings is 1. The third kappa shape index (κ3) is 4.50. The minimum atomic E-state index is -3.83. The van der Waals surface area contributed by atoms with Gasteiger partial charge in [0.2, 0.25) is 0 Å². The van der Waals surface area contributed by atoms with Gasteiger partial charge in [-0.15, -0.1) is 0 Å². The number of sulfone groups is 1. The van der Waals surface area contributed by atoms with Crippen molar-refractivity contribution in [2.45, 2.75) is 43.3 Å². The number of esters is 2. The number of rotatable bonds is 6. The molecule has 174 valence electrons. The van der Waals surface area contributed by atoms with Crippen LogP contribution in [0.25, 0.3) is 11.2 Å². The SMILES string of the molecule is CC(=O)O[C@@H]1[C@H](OC(C)=O)[C@@H](CS(=O)(=O)c2ccccc2)O[C@H]1n1cnc2c(N)ncnc21. The van der Waals surface area contributed by atoms with E-state index in [1.165, 1.54) is 43.2 Å². The molecule has 2 aromatic heterocycles. The van der Waals surface area contributed by atoms with Crippen molar-refractivity contribution in [1.29, 1.82) is 0 Å². The molecule has 0 amide bonds. The van der Waals surface area contributed by atoms with Crippen molar-refractivity contribution < 1.29 is 32.2 Å². The predicted molar refractivity (Wildman–Crippen MR) is 113 cm³/mol. The predicted octanol–water partition coefficient (Wildman–Crippen LogP) is 0.643. The summed E-state index contributed by atoms with van der Waals surface area (Å²) >= 11 is 0. The molecule has 0 unspecified atom stereocenters. The summed E-state index contributed by atoms with van der Waals surface area (Å²) in [6.07, 6.45) is -2.02. The zero-order chi connectivity index (χ0) is 23.8. The van der Waals surface area contributed by atoms with Crippen LogP contribution in [0.3, 0.4) is 0 Å². The van der Waals surface area contributed by atoms with Gasteiger partial charge in [0.05, 0.1) is 17.0 Å². The number of nitrogens with zero attached hydrogens (tertiary/aromatic N) is 4. The first-order valence-electron chi connectivity index (χ1n) is 9.88. The topological polar surface area (TPSA) is 166 Å². The normalized spacial score (nSPS) is 22.8. The van der Waals surface area contributed by atoms with Gasteiger partial charge in [0.25, 0.3) is 0 Å². The van der Waals surface area contributed by atoms with E-state index in [-0.39, 0.29) is 21.9 Å². The van der Waals surface area contributed by atoms with Gasteiger partial charge in [0, 0.05) is 13.8 Å². The van der Waals surface area contributed by atoms with Crippen LogP contribution in [0, 0.1) is 0 Å². The standard InChI is InChI=1S/C20H21N5O7S/c1-11(26)30-16-14(8-33(28,29)13-6-4-3-5-7-13)32-20(17(16)31-12(2)27)25-10-24-15-18(21)22-9-23-19(15)25/h3-7,9-10,14,16-17,20H,8H2,1-2H3,(H2,21,22,23)/t14-,16-,17-,20-/m1/s1. The average molecular weight is 475 g/mol. The summed E-state index contributed by atoms with van der Waals surface area (Å²) in [5.74, 6) is -1.76. The van der Waals surface area contributed by atoms with Gasteiger partial charge in [-0.05, 0) is 12.1 Å². The van der Waals surface area contributed by atoms with E-state index in [9.17, 15) is 18.0 Å². The van der Waals surface area contributed by atoms with E-state index in [0.29, 0.717) is 0 Å². The van der Waals surface area contributed by atoms with Crippen LogP contribution in [-0.4, -0.2) is 63.9 Å². The lowest BCUT2D eigenvalue weighted by atomic mass is 10.1. The maximum Gasteiger partial charge on any atom is 0.303 e. The Bertz CT molecular complexity index is 1290. The molecule has 0 aliphatic carbocycles. The van der Waals surface area contributed by atoms with Crippen molar-refractivity contribution in [3.8, 4) is 0 Å². The number of anilines is 1. The minimum Gasteiger partial charge on any atom is -0.456 e. The minimum absolute atomic E-state index is 0.0799. The molecule has 1 saturated heterocycles. The van der Waals surface area contributed by atoms with E-state index in [1.807, 2.05) is 0 Å². The number of imidazole rings is 1. The molecule has 1 fully saturated rings. The second kappa shape index (κ2) is 8.75. The smallest absolute Gasteiger partial charge is 0.303 e. The second-order valence-electron chi connectivity index (χ2n) is 7.39. The zero-order valence-corrected chi connectivity index (χ0v) is 18.5. The molecule has 4 atom stereocenters. The van der Waals surface area contributed by atoms with Gasteiger partial charge in [-0.2, -0.15) is 0 Å². The van der Waals surface area contributed by atoms with Crippen LogP contribution in [-0.2, 0) is 33.6 Å². The van der Waals surface area contributed by atoms with Crippen LogP contribution in [0.5, 0.6) is 0 Å². The van der Waals surface area contributed by atoms with Gasteiger partial charge in [-0.1, -0.05) is 18.2 Å². The molecule has 1 aliphatic rings. The Labute approximate surface area is 188 Å². The molecule has 3 aromatic rings. The van der Waals surface area contributed by atoms with Crippen molar-refractivity contribution in [2.75, 3.05) is 11.5 Å². The summed E-state index contributed by atoms with van der Waals surface area (Å²) in [6.45, 7) is 2.35. The lowest BCUT2D eigenvalue weighted by molar-refractivity contribution is -0.165. The molecular formula is C20H21N5O7S. The Morgan fingerprint density at radius 2 is 1.73 bits per heavy atom. The number of ether oxygens (including phenoxy) is 3. The lowest BCUT2D eigenvalue weighted by Gasteiger charge is -2.23. The monoisotopic (exact) mass is 475 g/mol. The molecule has 4 rings (SSSR count). The molecule has 3 heterocycles. The number of aromatic nitrogens is 4. The Balaban J connectivity index is 1.76. The molecule has 0 saturated carbocycles. The second-order valence-corrected chi connectivity index (χ2v) is 9.42. The summed E-state index contributed by atoms with van der Waals surface area (Å²) in [5, 5.41) is 0. The Kier molecular flexibility index (Phi) is 5.99. The van der Waals surface area contributed by atoms with Crippen LogP contribution in [0.2, 0.25) is 0 Å². The number of hydrogen-bond donors (Lipinski definition) is 1. The summed E-state index contributed by atoms with van der Waals surface area (Å²) in [4.78, 5) is 36.0. The highest BCUT2D eigenvalue weighted by Crippen LogP contribution is 2.37. The van der Waals surface area contributed by atoms with Crippen LogP contribution in [0.1, 0.15) is 20.1 Å². The van der Waals surface area contributed by atoms with E-state index in [1.54, 1.807) is 18.2 Å². The first-order chi connectivity index (χ1) is 15.7. The fraction of sp³-hybridized carbons (Fsp3) is 0.350. The molecule has 33 heavy (non-hydrogen) atoms. The van der Waals surface area contributed by atoms with Crippen LogP contribution in [0.4, 0.5) is 5.82 Å². The maximum absolute atomic E-state index is 13.0. The highest BCUT2D eigenvalue weighted by atomic mass is 32.2. The Morgan fingerprint density at radius 3 is 2.39 bits per heavy atom. The van der Waals surface area contributed by atoms with Gasteiger partial charge in [0.15, 0.2) is 39.7 Å². The van der Waals surface area contributed by atoms with Crippen molar-refractivity contribution in [3.05, 3.63) is 43.0 Å². The molecular weight excluding hydrogens is 454 g/mol. The third-order valence-electron chi connectivity index (χ3n) is 5.04. The summed E-state index contributed by atoms with van der Waals surface area (Å²) in [6, 6.07) is 7.79. The lowest BCUT2D eigenvalue weighted by Crippen LogP contribution is -2.41. The number of carbonyl (C=O) groups excluding carboxylic acids is 2. The van der Waals surface area contributed by atoms with Gasteiger partial charge in [0.1, 0.15) is 17.9 Å². The van der Waals surface area contributed by atoms with E-state index < -0.39 is 52.1 Å². The van der Waals surface area contributed by atoms with Crippen molar-refractivity contribution in [2.24, 2.45) is 0 Å². The zero-order valence-electron chi connectivity index (χ0n) is 17.7. The third-order valence-corrected chi connectivity index (χ3v) is 6.79. The van der Waals surface area contributed by atoms with Crippen LogP contribution >= 0.6 is 0 Å². The molecule has 1 aromatic carbocycles. The number of nitrogens with two attached hydrogens (primary N) is 1. The average Bonchev–Trinajstić information content (AvgIpc) is 3.31. The molecule has 2 N–H and O–H groups in total. The fourth-order valence-electron chi connectivity index (χ4n) is 3.71. The maximum atomic E-state index is 13.0. The first kappa shape index (κ1) is 22.6. The van der Waals surface area contributed by atoms with Crippen molar-refractivity contribution in [1.82, 2.24) is 19.5 Å². The Morgan fingerprint density at radius 1 is 1.06 bits per heavy atom. The summed E-state index contributed by atoms with van der Waals surface area (Å²) in [5.41, 5.74) is 6.41. The highest BCUT2D eigenvalue weighted by molar-refractivity contribution is 7.91. The largest absolute Gasteiger partial charge is 0.456 e. The van der Waals surface area contributed by atoms with Gasteiger partial charge >= 0.3 is 11.9 Å². The number of carbonyl (C=O) groups is 2. The van der Waals surface area contributed by atoms with E-state index in [4.69, 9.17) is 19.9 Å². The van der Waals surface area contributed by atoms with E-state index in [0.717, 1.165) is 0 Å². The molecule has 0 bridgehead atoms. The number of fused-ring (bicyclic) bond motifs is 1. The quantitative estimate of drug-likeness (QED) is 0.497. The first-order valence-corrected chi connectivity index (χ1v) is 11.5.